The molecule has 44 heavy (non-hydrogen) atoms. The fraction of sp³-hybridized carbons (Fsp3) is 0.257. The van der Waals surface area contributed by atoms with E-state index < -0.39 is 0 Å². The first kappa shape index (κ1) is 27.8. The lowest BCUT2D eigenvalue weighted by molar-refractivity contribution is -0.117. The van der Waals surface area contributed by atoms with E-state index in [1.807, 2.05) is 37.4 Å². The number of aryl methyl sites for hydroxylation is 1. The SMILES string of the molecule is COc1cc(F)cc(-c2cccc3[nH]c(-c4n[nH]c5cc(C)c(-c6cncc(NC(=O)CC7CCCCC7)c6)cc45)nc23)c1. The number of nitrogens with one attached hydrogen (secondary N) is 3. The number of hydrogen-bond donors (Lipinski definition) is 3. The molecule has 8 nitrogen and oxygen atoms in total. The van der Waals surface area contributed by atoms with Crippen LogP contribution < -0.4 is 10.1 Å². The third-order valence-electron chi connectivity index (χ3n) is 8.59. The molecule has 0 unspecified atom stereocenters. The summed E-state index contributed by atoms with van der Waals surface area (Å²) < 4.78 is 19.6. The largest absolute Gasteiger partial charge is 0.497 e. The van der Waals surface area contributed by atoms with E-state index in [0.29, 0.717) is 46.4 Å². The summed E-state index contributed by atoms with van der Waals surface area (Å²) in [5.74, 6) is 1.17. The molecule has 222 valence electrons. The van der Waals surface area contributed by atoms with Gasteiger partial charge in [-0.15, -0.1) is 0 Å². The van der Waals surface area contributed by atoms with Gasteiger partial charge in [0, 0.05) is 35.2 Å². The molecule has 3 heterocycles. The number of halogens is 1. The van der Waals surface area contributed by atoms with Crippen LogP contribution in [0.5, 0.6) is 5.75 Å². The number of aromatic amines is 2. The number of aromatic nitrogens is 5. The molecule has 0 radical (unpaired) electrons. The monoisotopic (exact) mass is 588 g/mol. The van der Waals surface area contributed by atoms with Gasteiger partial charge in [-0.1, -0.05) is 31.4 Å². The third kappa shape index (κ3) is 5.41. The van der Waals surface area contributed by atoms with E-state index in [1.165, 1.54) is 38.5 Å². The molecule has 1 aliphatic rings. The van der Waals surface area contributed by atoms with Crippen LogP contribution in [0.25, 0.3) is 55.7 Å². The Labute approximate surface area is 254 Å². The average molecular weight is 589 g/mol. The summed E-state index contributed by atoms with van der Waals surface area (Å²) in [6.07, 6.45) is 10.0. The maximum Gasteiger partial charge on any atom is 0.224 e. The molecule has 9 heteroatoms. The minimum atomic E-state index is -0.379. The molecule has 1 fully saturated rings. The molecule has 0 spiro atoms. The van der Waals surface area contributed by atoms with Crippen LogP contribution >= 0.6 is 0 Å². The molecule has 3 N–H and O–H groups in total. The molecule has 7 rings (SSSR count). The van der Waals surface area contributed by atoms with E-state index >= 15 is 0 Å². The Morgan fingerprint density at radius 1 is 1.00 bits per heavy atom. The lowest BCUT2D eigenvalue weighted by Gasteiger charge is -2.20. The average Bonchev–Trinajstić information content (AvgIpc) is 3.64. The Morgan fingerprint density at radius 2 is 1.86 bits per heavy atom. The topological polar surface area (TPSA) is 109 Å². The van der Waals surface area contributed by atoms with Gasteiger partial charge in [-0.2, -0.15) is 5.10 Å². The predicted octanol–water partition coefficient (Wildman–Crippen LogP) is 8.20. The normalized spacial score (nSPS) is 13.9. The Balaban J connectivity index is 1.22. The van der Waals surface area contributed by atoms with E-state index in [4.69, 9.17) is 9.72 Å². The number of H-pyrrole nitrogens is 2. The number of fused-ring (bicyclic) bond motifs is 2. The molecule has 0 aliphatic heterocycles. The van der Waals surface area contributed by atoms with E-state index in [9.17, 15) is 9.18 Å². The summed E-state index contributed by atoms with van der Waals surface area (Å²) >= 11 is 0. The van der Waals surface area contributed by atoms with Crippen molar-refractivity contribution in [3.8, 4) is 39.5 Å². The zero-order chi connectivity index (χ0) is 30.2. The third-order valence-corrected chi connectivity index (χ3v) is 8.59. The van der Waals surface area contributed by atoms with Crippen molar-refractivity contribution in [1.29, 1.82) is 0 Å². The van der Waals surface area contributed by atoms with Crippen LogP contribution in [0.15, 0.2) is 67.0 Å². The van der Waals surface area contributed by atoms with Crippen molar-refractivity contribution in [2.75, 3.05) is 12.4 Å². The van der Waals surface area contributed by atoms with Gasteiger partial charge in [0.15, 0.2) is 5.82 Å². The van der Waals surface area contributed by atoms with Crippen LogP contribution in [-0.4, -0.2) is 38.2 Å². The molecule has 3 aromatic heterocycles. The van der Waals surface area contributed by atoms with Gasteiger partial charge < -0.3 is 15.0 Å². The maximum atomic E-state index is 14.3. The van der Waals surface area contributed by atoms with Gasteiger partial charge in [0.05, 0.1) is 35.5 Å². The number of carbonyl (C=O) groups is 1. The zero-order valence-corrected chi connectivity index (χ0v) is 24.7. The van der Waals surface area contributed by atoms with Crippen molar-refractivity contribution in [3.05, 3.63) is 78.4 Å². The van der Waals surface area contributed by atoms with Crippen LogP contribution in [0.3, 0.4) is 0 Å². The number of benzene rings is 3. The van der Waals surface area contributed by atoms with Crippen molar-refractivity contribution < 1.29 is 13.9 Å². The van der Waals surface area contributed by atoms with Crippen LogP contribution in [0.1, 0.15) is 44.1 Å². The first-order chi connectivity index (χ1) is 21.4. The van der Waals surface area contributed by atoms with Crippen molar-refractivity contribution in [3.63, 3.8) is 0 Å². The summed E-state index contributed by atoms with van der Waals surface area (Å²) in [6.45, 7) is 2.05. The highest BCUT2D eigenvalue weighted by Crippen LogP contribution is 2.36. The van der Waals surface area contributed by atoms with Gasteiger partial charge >= 0.3 is 0 Å². The number of hydrogen-bond acceptors (Lipinski definition) is 5. The van der Waals surface area contributed by atoms with Crippen LogP contribution in [0.2, 0.25) is 0 Å². The minimum Gasteiger partial charge on any atom is -0.497 e. The maximum absolute atomic E-state index is 14.3. The van der Waals surface area contributed by atoms with Gasteiger partial charge in [-0.05, 0) is 78.8 Å². The quantitative estimate of drug-likeness (QED) is 0.174. The van der Waals surface area contributed by atoms with Crippen molar-refractivity contribution in [2.24, 2.45) is 5.92 Å². The number of pyridine rings is 1. The van der Waals surface area contributed by atoms with Crippen molar-refractivity contribution in [1.82, 2.24) is 25.1 Å². The highest BCUT2D eigenvalue weighted by atomic mass is 19.1. The molecule has 0 saturated heterocycles. The molecular formula is C35H33FN6O2. The summed E-state index contributed by atoms with van der Waals surface area (Å²) in [5, 5.41) is 11.7. The van der Waals surface area contributed by atoms with Gasteiger partial charge in [-0.3, -0.25) is 14.9 Å². The van der Waals surface area contributed by atoms with E-state index in [2.05, 4.69) is 37.6 Å². The molecule has 6 aromatic rings. The lowest BCUT2D eigenvalue weighted by atomic mass is 9.87. The lowest BCUT2D eigenvalue weighted by Crippen LogP contribution is -2.18. The van der Waals surface area contributed by atoms with Gasteiger partial charge in [0.25, 0.3) is 0 Å². The predicted molar refractivity (Wildman–Crippen MR) is 171 cm³/mol. The van der Waals surface area contributed by atoms with Gasteiger partial charge in [-0.25, -0.2) is 9.37 Å². The number of nitrogens with zero attached hydrogens (tertiary/aromatic N) is 3. The number of carbonyl (C=O) groups excluding carboxylic acids is 1. The fourth-order valence-corrected chi connectivity index (χ4v) is 6.40. The number of amides is 1. The Morgan fingerprint density at radius 3 is 2.70 bits per heavy atom. The smallest absolute Gasteiger partial charge is 0.224 e. The molecule has 1 amide bonds. The zero-order valence-electron chi connectivity index (χ0n) is 24.7. The molecule has 1 aliphatic carbocycles. The summed E-state index contributed by atoms with van der Waals surface area (Å²) in [7, 11) is 1.52. The summed E-state index contributed by atoms with van der Waals surface area (Å²) in [4.78, 5) is 25.6. The van der Waals surface area contributed by atoms with E-state index in [1.54, 1.807) is 12.3 Å². The van der Waals surface area contributed by atoms with Crippen molar-refractivity contribution >= 4 is 33.5 Å². The standard InChI is InChI=1S/C35H33FN6O2/c1-20-11-31-29(17-28(20)23-14-25(19-37-18-23)38-32(43)12-21-7-4-3-5-8-21)34(42-41-31)35-39-30-10-6-9-27(33(30)40-35)22-13-24(36)16-26(15-22)44-2/h6,9-11,13-19,21H,3-5,7-8,12H2,1-2H3,(H,38,43)(H,39,40)(H,41,42). The highest BCUT2D eigenvalue weighted by molar-refractivity contribution is 5.99. The highest BCUT2D eigenvalue weighted by Gasteiger charge is 2.19. The molecule has 0 atom stereocenters. The van der Waals surface area contributed by atoms with Crippen LogP contribution in [0.4, 0.5) is 10.1 Å². The minimum absolute atomic E-state index is 0.0427. The molecule has 3 aromatic carbocycles. The molecule has 0 bridgehead atoms. The number of anilines is 1. The number of ether oxygens (including phenoxy) is 1. The first-order valence-corrected chi connectivity index (χ1v) is 15.0. The Bertz CT molecular complexity index is 2010. The Kier molecular flexibility index (Phi) is 7.29. The number of imidazole rings is 1. The second kappa shape index (κ2) is 11.6. The molecule has 1 saturated carbocycles. The van der Waals surface area contributed by atoms with Gasteiger partial charge in [0.1, 0.15) is 17.3 Å². The second-order valence-corrected chi connectivity index (χ2v) is 11.7. The van der Waals surface area contributed by atoms with Gasteiger partial charge in [0.2, 0.25) is 5.91 Å². The Hall–Kier alpha value is -5.05. The van der Waals surface area contributed by atoms with E-state index in [-0.39, 0.29) is 11.7 Å². The first-order valence-electron chi connectivity index (χ1n) is 15.0. The molecular weight excluding hydrogens is 555 g/mol. The number of methoxy groups -OCH3 is 1. The van der Waals surface area contributed by atoms with Crippen molar-refractivity contribution in [2.45, 2.75) is 45.4 Å². The second-order valence-electron chi connectivity index (χ2n) is 11.7. The summed E-state index contributed by atoms with van der Waals surface area (Å²) in [5.41, 5.74) is 8.15. The number of rotatable bonds is 7. The fourth-order valence-electron chi connectivity index (χ4n) is 6.40. The summed E-state index contributed by atoms with van der Waals surface area (Å²) in [6, 6.07) is 16.5. The van der Waals surface area contributed by atoms with Crippen LogP contribution in [-0.2, 0) is 4.79 Å². The van der Waals surface area contributed by atoms with Crippen LogP contribution in [0, 0.1) is 18.7 Å². The van der Waals surface area contributed by atoms with E-state index in [0.717, 1.165) is 51.5 Å². The number of para-hydroxylation sites is 1.